The molecule has 0 radical (unpaired) electrons. The number of aryl methyl sites for hydroxylation is 1. The van der Waals surface area contributed by atoms with Crippen molar-refractivity contribution in [2.24, 2.45) is 7.05 Å². The Balaban J connectivity index is 1.61. The summed E-state index contributed by atoms with van der Waals surface area (Å²) in [4.78, 5) is 16.8. The third kappa shape index (κ3) is 3.17. The van der Waals surface area contributed by atoms with E-state index >= 15 is 0 Å². The maximum Gasteiger partial charge on any atom is 0.272 e. The number of hydrogen-bond acceptors (Lipinski definition) is 4. The number of hydrogen-bond donors (Lipinski definition) is 1. The molecule has 8 heteroatoms. The molecule has 0 spiro atoms. The number of benzene rings is 1. The summed E-state index contributed by atoms with van der Waals surface area (Å²) in [6.07, 6.45) is 3.36. The van der Waals surface area contributed by atoms with Gasteiger partial charge in [-0.3, -0.25) is 9.48 Å². The zero-order valence-electron chi connectivity index (χ0n) is 14.8. The molecule has 3 heterocycles. The van der Waals surface area contributed by atoms with Crippen molar-refractivity contribution in [3.63, 3.8) is 0 Å². The number of halogens is 1. The fourth-order valence-electron chi connectivity index (χ4n) is 2.83. The van der Waals surface area contributed by atoms with Crippen LogP contribution in [0.5, 0.6) is 0 Å². The van der Waals surface area contributed by atoms with E-state index in [-0.39, 0.29) is 17.4 Å². The number of rotatable bonds is 4. The third-order valence-corrected chi connectivity index (χ3v) is 4.51. The minimum absolute atomic E-state index is 0.263. The highest BCUT2D eigenvalue weighted by molar-refractivity contribution is 5.93. The van der Waals surface area contributed by atoms with Gasteiger partial charge in [-0.2, -0.15) is 10.2 Å². The molecule has 0 saturated carbocycles. The van der Waals surface area contributed by atoms with Gasteiger partial charge in [-0.15, -0.1) is 0 Å². The quantitative estimate of drug-likeness (QED) is 0.604. The molecule has 0 fully saturated rings. The largest absolute Gasteiger partial charge is 0.346 e. The van der Waals surface area contributed by atoms with Crippen molar-refractivity contribution in [3.8, 4) is 11.3 Å². The van der Waals surface area contributed by atoms with Gasteiger partial charge in [-0.25, -0.2) is 13.9 Å². The van der Waals surface area contributed by atoms with Gasteiger partial charge < -0.3 is 5.32 Å². The lowest BCUT2D eigenvalue weighted by Crippen LogP contribution is -2.23. The molecule has 0 aliphatic carbocycles. The SMILES string of the molecule is Cc1c(CNC(=O)c2cc3nccc(-c4ccc(F)cc4)n3n2)cnn1C. The summed E-state index contributed by atoms with van der Waals surface area (Å²) in [7, 11) is 1.85. The fourth-order valence-corrected chi connectivity index (χ4v) is 2.83. The van der Waals surface area contributed by atoms with E-state index in [4.69, 9.17) is 0 Å². The molecule has 0 bridgehead atoms. The maximum atomic E-state index is 13.2. The Labute approximate surface area is 154 Å². The summed E-state index contributed by atoms with van der Waals surface area (Å²) in [6.45, 7) is 2.31. The summed E-state index contributed by atoms with van der Waals surface area (Å²) < 4.78 is 16.5. The fraction of sp³-hybridized carbons (Fsp3) is 0.158. The average molecular weight is 364 g/mol. The van der Waals surface area contributed by atoms with Crippen molar-refractivity contribution in [1.29, 1.82) is 0 Å². The molecular weight excluding hydrogens is 347 g/mol. The lowest BCUT2D eigenvalue weighted by atomic mass is 10.1. The summed E-state index contributed by atoms with van der Waals surface area (Å²) in [6, 6.07) is 9.49. The zero-order valence-corrected chi connectivity index (χ0v) is 14.8. The van der Waals surface area contributed by atoms with Crippen LogP contribution in [-0.4, -0.2) is 30.3 Å². The van der Waals surface area contributed by atoms with Crippen molar-refractivity contribution in [1.82, 2.24) is 29.7 Å². The molecule has 0 saturated heterocycles. The monoisotopic (exact) mass is 364 g/mol. The highest BCUT2D eigenvalue weighted by atomic mass is 19.1. The Kier molecular flexibility index (Phi) is 4.15. The molecule has 4 aromatic rings. The minimum Gasteiger partial charge on any atom is -0.346 e. The van der Waals surface area contributed by atoms with Crippen molar-refractivity contribution < 1.29 is 9.18 Å². The van der Waals surface area contributed by atoms with E-state index in [0.717, 1.165) is 22.5 Å². The van der Waals surface area contributed by atoms with E-state index in [0.29, 0.717) is 12.2 Å². The summed E-state index contributed by atoms with van der Waals surface area (Å²) in [5.74, 6) is -0.607. The summed E-state index contributed by atoms with van der Waals surface area (Å²) in [5.41, 5.74) is 4.25. The van der Waals surface area contributed by atoms with Crippen LogP contribution in [0.3, 0.4) is 0 Å². The lowest BCUT2D eigenvalue weighted by molar-refractivity contribution is 0.0945. The molecule has 1 aromatic carbocycles. The second-order valence-electron chi connectivity index (χ2n) is 6.20. The molecule has 0 aliphatic heterocycles. The number of fused-ring (bicyclic) bond motifs is 1. The number of amides is 1. The van der Waals surface area contributed by atoms with Crippen LogP contribution in [0.15, 0.2) is 48.8 Å². The molecule has 0 atom stereocenters. The number of aromatic nitrogens is 5. The maximum absolute atomic E-state index is 13.2. The number of carbonyl (C=O) groups excluding carboxylic acids is 1. The van der Waals surface area contributed by atoms with Crippen LogP contribution in [-0.2, 0) is 13.6 Å². The van der Waals surface area contributed by atoms with E-state index in [9.17, 15) is 9.18 Å². The van der Waals surface area contributed by atoms with Crippen molar-refractivity contribution in [3.05, 3.63) is 71.6 Å². The Morgan fingerprint density at radius 2 is 2.00 bits per heavy atom. The Hall–Kier alpha value is -3.55. The summed E-state index contributed by atoms with van der Waals surface area (Å²) in [5, 5.41) is 11.4. The number of nitrogens with one attached hydrogen (secondary N) is 1. The van der Waals surface area contributed by atoms with Gasteiger partial charge in [-0.1, -0.05) is 0 Å². The van der Waals surface area contributed by atoms with Gasteiger partial charge in [0.25, 0.3) is 5.91 Å². The van der Waals surface area contributed by atoms with Crippen LogP contribution in [0.1, 0.15) is 21.7 Å². The average Bonchev–Trinajstić information content (AvgIpc) is 3.25. The van der Waals surface area contributed by atoms with Gasteiger partial charge in [0.2, 0.25) is 0 Å². The Morgan fingerprint density at radius 1 is 1.22 bits per heavy atom. The highest BCUT2D eigenvalue weighted by Gasteiger charge is 2.15. The van der Waals surface area contributed by atoms with Crippen LogP contribution < -0.4 is 5.32 Å². The number of carbonyl (C=O) groups is 1. The number of nitrogens with zero attached hydrogens (tertiary/aromatic N) is 5. The van der Waals surface area contributed by atoms with E-state index < -0.39 is 0 Å². The van der Waals surface area contributed by atoms with Crippen molar-refractivity contribution >= 4 is 11.6 Å². The first-order chi connectivity index (χ1) is 13.0. The van der Waals surface area contributed by atoms with Crippen molar-refractivity contribution in [2.45, 2.75) is 13.5 Å². The normalized spacial score (nSPS) is 11.1. The Morgan fingerprint density at radius 3 is 2.70 bits per heavy atom. The molecule has 0 unspecified atom stereocenters. The molecule has 7 nitrogen and oxygen atoms in total. The lowest BCUT2D eigenvalue weighted by Gasteiger charge is -2.04. The minimum atomic E-state index is -0.310. The van der Waals surface area contributed by atoms with Gasteiger partial charge in [-0.05, 0) is 37.3 Å². The predicted molar refractivity (Wildman–Crippen MR) is 97.5 cm³/mol. The molecule has 136 valence electrons. The zero-order chi connectivity index (χ0) is 19.0. The molecule has 27 heavy (non-hydrogen) atoms. The third-order valence-electron chi connectivity index (χ3n) is 4.51. The first-order valence-corrected chi connectivity index (χ1v) is 8.39. The van der Waals surface area contributed by atoms with E-state index in [1.807, 2.05) is 14.0 Å². The van der Waals surface area contributed by atoms with Crippen LogP contribution >= 0.6 is 0 Å². The molecule has 3 aromatic heterocycles. The van der Waals surface area contributed by atoms with Crippen molar-refractivity contribution in [2.75, 3.05) is 0 Å². The van der Waals surface area contributed by atoms with Crippen LogP contribution in [0.4, 0.5) is 4.39 Å². The van der Waals surface area contributed by atoms with E-state index in [1.54, 1.807) is 45.9 Å². The predicted octanol–water partition coefficient (Wildman–Crippen LogP) is 2.51. The highest BCUT2D eigenvalue weighted by Crippen LogP contribution is 2.20. The van der Waals surface area contributed by atoms with Gasteiger partial charge in [0.15, 0.2) is 11.3 Å². The van der Waals surface area contributed by atoms with Crippen LogP contribution in [0.2, 0.25) is 0 Å². The van der Waals surface area contributed by atoms with Gasteiger partial charge >= 0.3 is 0 Å². The van der Waals surface area contributed by atoms with E-state index in [2.05, 4.69) is 20.5 Å². The molecule has 1 amide bonds. The van der Waals surface area contributed by atoms with Gasteiger partial charge in [0, 0.05) is 42.7 Å². The Bertz CT molecular complexity index is 1130. The van der Waals surface area contributed by atoms with Gasteiger partial charge in [0.1, 0.15) is 5.82 Å². The summed E-state index contributed by atoms with van der Waals surface area (Å²) >= 11 is 0. The second kappa shape index (κ2) is 6.64. The standard InChI is InChI=1S/C19H17FN6O/c1-12-14(11-23-25(12)2)10-22-19(27)16-9-18-21-8-7-17(26(18)24-16)13-3-5-15(20)6-4-13/h3-9,11H,10H2,1-2H3,(H,22,27). The molecule has 4 rings (SSSR count). The first kappa shape index (κ1) is 16.9. The smallest absolute Gasteiger partial charge is 0.272 e. The van der Waals surface area contributed by atoms with Crippen LogP contribution in [0, 0.1) is 12.7 Å². The molecule has 0 aliphatic rings. The molecular formula is C19H17FN6O. The molecule has 1 N–H and O–H groups in total. The second-order valence-corrected chi connectivity index (χ2v) is 6.20. The van der Waals surface area contributed by atoms with E-state index in [1.165, 1.54) is 12.1 Å². The topological polar surface area (TPSA) is 77.1 Å². The van der Waals surface area contributed by atoms with Gasteiger partial charge in [0.05, 0.1) is 11.9 Å². The van der Waals surface area contributed by atoms with Crippen LogP contribution in [0.25, 0.3) is 16.9 Å². The first-order valence-electron chi connectivity index (χ1n) is 8.39.